The van der Waals surface area contributed by atoms with Crippen LogP contribution in [0.3, 0.4) is 0 Å². The highest BCUT2D eigenvalue weighted by Gasteiger charge is 2.14. The van der Waals surface area contributed by atoms with Crippen LogP contribution >= 0.6 is 27.5 Å². The molecular formula is C13H8BrClN2O2S. The summed E-state index contributed by atoms with van der Waals surface area (Å²) in [4.78, 5) is 0.0792. The van der Waals surface area contributed by atoms with Crippen LogP contribution in [0.5, 0.6) is 0 Å². The number of halogens is 2. The van der Waals surface area contributed by atoms with Gasteiger partial charge in [-0.2, -0.15) is 5.26 Å². The van der Waals surface area contributed by atoms with Gasteiger partial charge in [-0.3, -0.25) is 4.72 Å². The van der Waals surface area contributed by atoms with Gasteiger partial charge < -0.3 is 0 Å². The topological polar surface area (TPSA) is 70.0 Å². The van der Waals surface area contributed by atoms with Gasteiger partial charge in [-0.05, 0) is 58.4 Å². The maximum atomic E-state index is 12.1. The van der Waals surface area contributed by atoms with Crippen LogP contribution in [0, 0.1) is 11.3 Å². The maximum absolute atomic E-state index is 12.1. The number of anilines is 1. The summed E-state index contributed by atoms with van der Waals surface area (Å²) in [5.41, 5.74) is 0.762. The summed E-state index contributed by atoms with van der Waals surface area (Å²) in [5.74, 6) is 0. The molecule has 2 rings (SSSR count). The van der Waals surface area contributed by atoms with Gasteiger partial charge in [0.25, 0.3) is 10.0 Å². The molecule has 7 heteroatoms. The van der Waals surface area contributed by atoms with Crippen molar-refractivity contribution in [2.24, 2.45) is 0 Å². The summed E-state index contributed by atoms with van der Waals surface area (Å²) in [7, 11) is -3.70. The molecule has 0 heterocycles. The first-order valence-corrected chi connectivity index (χ1v) is 8.06. The summed E-state index contributed by atoms with van der Waals surface area (Å²) in [5, 5.41) is 9.10. The van der Waals surface area contributed by atoms with E-state index >= 15 is 0 Å². The zero-order chi connectivity index (χ0) is 14.8. The number of nitriles is 1. The zero-order valence-electron chi connectivity index (χ0n) is 9.97. The highest BCUT2D eigenvalue weighted by molar-refractivity contribution is 9.10. The number of sulfonamides is 1. The standard InChI is InChI=1S/C13H8BrClN2O2S/c14-12-6-3-10(7-13(12)15)17-20(18,19)11-4-1-9(8-16)2-5-11/h1-7,17H. The quantitative estimate of drug-likeness (QED) is 0.892. The fourth-order valence-corrected chi connectivity index (χ4v) is 2.96. The van der Waals surface area contributed by atoms with Crippen molar-refractivity contribution in [3.05, 3.63) is 57.5 Å². The molecule has 0 atom stereocenters. The molecule has 0 spiro atoms. The molecule has 20 heavy (non-hydrogen) atoms. The van der Waals surface area contributed by atoms with E-state index in [1.807, 2.05) is 6.07 Å². The number of rotatable bonds is 3. The van der Waals surface area contributed by atoms with Crippen molar-refractivity contribution >= 4 is 43.2 Å². The Morgan fingerprint density at radius 2 is 1.80 bits per heavy atom. The fraction of sp³-hybridized carbons (Fsp3) is 0. The van der Waals surface area contributed by atoms with Gasteiger partial charge in [0.2, 0.25) is 0 Å². The summed E-state index contributed by atoms with van der Waals surface area (Å²) < 4.78 is 27.4. The van der Waals surface area contributed by atoms with Gasteiger partial charge in [0, 0.05) is 4.47 Å². The Balaban J connectivity index is 2.30. The Morgan fingerprint density at radius 3 is 2.35 bits per heavy atom. The van der Waals surface area contributed by atoms with E-state index in [0.717, 1.165) is 0 Å². The second-order valence-electron chi connectivity index (χ2n) is 3.87. The van der Waals surface area contributed by atoms with Crippen molar-refractivity contribution in [2.75, 3.05) is 4.72 Å². The van der Waals surface area contributed by atoms with Crippen LogP contribution < -0.4 is 4.72 Å². The first-order valence-electron chi connectivity index (χ1n) is 5.40. The normalized spacial score (nSPS) is 10.8. The van der Waals surface area contributed by atoms with Crippen LogP contribution in [-0.2, 0) is 10.0 Å². The molecule has 1 N–H and O–H groups in total. The molecule has 0 aliphatic heterocycles. The van der Waals surface area contributed by atoms with Crippen molar-refractivity contribution < 1.29 is 8.42 Å². The third-order valence-electron chi connectivity index (χ3n) is 2.47. The van der Waals surface area contributed by atoms with E-state index in [2.05, 4.69) is 20.7 Å². The second-order valence-corrected chi connectivity index (χ2v) is 6.81. The van der Waals surface area contributed by atoms with Gasteiger partial charge in [0.15, 0.2) is 0 Å². The summed E-state index contributed by atoms with van der Waals surface area (Å²) in [6, 6.07) is 12.3. The molecule has 0 aliphatic carbocycles. The van der Waals surface area contributed by atoms with Crippen LogP contribution in [0.2, 0.25) is 5.02 Å². The lowest BCUT2D eigenvalue weighted by Crippen LogP contribution is -2.12. The highest BCUT2D eigenvalue weighted by Crippen LogP contribution is 2.26. The Bertz CT molecular complexity index is 783. The third-order valence-corrected chi connectivity index (χ3v) is 5.10. The van der Waals surface area contributed by atoms with Crippen LogP contribution in [0.15, 0.2) is 51.8 Å². The van der Waals surface area contributed by atoms with E-state index in [4.69, 9.17) is 16.9 Å². The van der Waals surface area contributed by atoms with Crippen LogP contribution in [0.1, 0.15) is 5.56 Å². The van der Waals surface area contributed by atoms with Gasteiger partial charge in [0.1, 0.15) is 0 Å². The molecule has 0 aliphatic rings. The number of nitrogens with one attached hydrogen (secondary N) is 1. The average molecular weight is 372 g/mol. The molecule has 0 amide bonds. The molecule has 2 aromatic carbocycles. The minimum Gasteiger partial charge on any atom is -0.280 e. The van der Waals surface area contributed by atoms with E-state index in [9.17, 15) is 8.42 Å². The maximum Gasteiger partial charge on any atom is 0.261 e. The second kappa shape index (κ2) is 5.83. The Labute approximate surface area is 130 Å². The summed E-state index contributed by atoms with van der Waals surface area (Å²) in [6.07, 6.45) is 0. The van der Waals surface area contributed by atoms with Gasteiger partial charge >= 0.3 is 0 Å². The first kappa shape index (κ1) is 14.9. The van der Waals surface area contributed by atoms with Gasteiger partial charge in [-0.25, -0.2) is 8.42 Å². The van der Waals surface area contributed by atoms with Crippen molar-refractivity contribution in [1.82, 2.24) is 0 Å². The summed E-state index contributed by atoms with van der Waals surface area (Å²) >= 11 is 9.14. The molecule has 0 radical (unpaired) electrons. The molecule has 2 aromatic rings. The minimum absolute atomic E-state index is 0.0792. The predicted molar refractivity (Wildman–Crippen MR) is 81.1 cm³/mol. The molecule has 0 fully saturated rings. The van der Waals surface area contributed by atoms with E-state index in [1.165, 1.54) is 30.3 Å². The average Bonchev–Trinajstić information content (AvgIpc) is 2.43. The Kier molecular flexibility index (Phi) is 4.33. The lowest BCUT2D eigenvalue weighted by molar-refractivity contribution is 0.601. The Hall–Kier alpha value is -1.55. The summed E-state index contributed by atoms with van der Waals surface area (Å²) in [6.45, 7) is 0. The van der Waals surface area contributed by atoms with E-state index < -0.39 is 10.0 Å². The molecule has 102 valence electrons. The van der Waals surface area contributed by atoms with Crippen molar-refractivity contribution in [3.63, 3.8) is 0 Å². The van der Waals surface area contributed by atoms with Crippen LogP contribution in [-0.4, -0.2) is 8.42 Å². The molecule has 0 unspecified atom stereocenters. The molecule has 0 saturated carbocycles. The molecule has 4 nitrogen and oxygen atoms in total. The van der Waals surface area contributed by atoms with Crippen LogP contribution in [0.4, 0.5) is 5.69 Å². The minimum atomic E-state index is -3.70. The largest absolute Gasteiger partial charge is 0.280 e. The lowest BCUT2D eigenvalue weighted by atomic mass is 10.2. The van der Waals surface area contributed by atoms with E-state index in [0.29, 0.717) is 20.7 Å². The molecule has 0 saturated heterocycles. The molecule has 0 aromatic heterocycles. The monoisotopic (exact) mass is 370 g/mol. The predicted octanol–water partition coefficient (Wildman–Crippen LogP) is 3.77. The molecular weight excluding hydrogens is 364 g/mol. The first-order chi connectivity index (χ1) is 9.42. The van der Waals surface area contributed by atoms with Gasteiger partial charge in [0.05, 0.1) is 27.2 Å². The number of benzene rings is 2. The lowest BCUT2D eigenvalue weighted by Gasteiger charge is -2.09. The van der Waals surface area contributed by atoms with Crippen LogP contribution in [0.25, 0.3) is 0 Å². The van der Waals surface area contributed by atoms with Crippen molar-refractivity contribution in [2.45, 2.75) is 4.90 Å². The van der Waals surface area contributed by atoms with Gasteiger partial charge in [-0.1, -0.05) is 11.6 Å². The number of hydrogen-bond acceptors (Lipinski definition) is 3. The molecule has 0 bridgehead atoms. The van der Waals surface area contributed by atoms with Crippen molar-refractivity contribution in [3.8, 4) is 6.07 Å². The zero-order valence-corrected chi connectivity index (χ0v) is 13.1. The fourth-order valence-electron chi connectivity index (χ4n) is 1.48. The van der Waals surface area contributed by atoms with E-state index in [-0.39, 0.29) is 4.90 Å². The van der Waals surface area contributed by atoms with Gasteiger partial charge in [-0.15, -0.1) is 0 Å². The smallest absolute Gasteiger partial charge is 0.261 e. The third kappa shape index (κ3) is 3.31. The van der Waals surface area contributed by atoms with Crippen molar-refractivity contribution in [1.29, 1.82) is 5.26 Å². The van der Waals surface area contributed by atoms with E-state index in [1.54, 1.807) is 12.1 Å². The number of nitrogens with zero attached hydrogens (tertiary/aromatic N) is 1. The number of hydrogen-bond donors (Lipinski definition) is 1. The Morgan fingerprint density at radius 1 is 1.15 bits per heavy atom. The highest BCUT2D eigenvalue weighted by atomic mass is 79.9. The SMILES string of the molecule is N#Cc1ccc(S(=O)(=O)Nc2ccc(Br)c(Cl)c2)cc1.